The first kappa shape index (κ1) is 35.5. The fourth-order valence-corrected chi connectivity index (χ4v) is 2.14. The van der Waals surface area contributed by atoms with Gasteiger partial charge in [-0.3, -0.25) is 4.84 Å². The zero-order valence-corrected chi connectivity index (χ0v) is 21.0. The molecule has 23 heteroatoms. The molecular weight excluding hydrogens is 564 g/mol. The van der Waals surface area contributed by atoms with Crippen LogP contribution in [0.1, 0.15) is 6.92 Å². The number of carbonyl (C=O) groups is 3. The Kier molecular flexibility index (Phi) is 19.9. The Bertz CT molecular complexity index is 799. The zero-order chi connectivity index (χ0) is 30.2. The van der Waals surface area contributed by atoms with Gasteiger partial charge in [0.25, 0.3) is 15.3 Å². The van der Waals surface area contributed by atoms with Crippen LogP contribution in [0.15, 0.2) is 0 Å². The molecular formula is C17H28N4O19. The second-order valence-corrected chi connectivity index (χ2v) is 6.56. The molecule has 1 amide bonds. The van der Waals surface area contributed by atoms with E-state index in [0.717, 1.165) is 0 Å². The van der Waals surface area contributed by atoms with Crippen molar-refractivity contribution >= 4 is 18.2 Å². The molecule has 0 fully saturated rings. The summed E-state index contributed by atoms with van der Waals surface area (Å²) in [6.45, 7) is -2.28. The Labute approximate surface area is 224 Å². The molecule has 0 aromatic rings. The normalized spacial score (nSPS) is 11.7. The van der Waals surface area contributed by atoms with Crippen LogP contribution in [-0.2, 0) is 52.5 Å². The van der Waals surface area contributed by atoms with Crippen molar-refractivity contribution in [3.05, 3.63) is 30.3 Å². The van der Waals surface area contributed by atoms with E-state index in [1.54, 1.807) is 0 Å². The van der Waals surface area contributed by atoms with E-state index < -0.39 is 59.0 Å². The van der Waals surface area contributed by atoms with E-state index >= 15 is 0 Å². The number of rotatable bonds is 24. The fraction of sp³-hybridized carbons (Fsp3) is 0.824. The van der Waals surface area contributed by atoms with Crippen molar-refractivity contribution in [1.82, 2.24) is 5.32 Å². The molecule has 2 unspecified atom stereocenters. The zero-order valence-electron chi connectivity index (χ0n) is 21.0. The summed E-state index contributed by atoms with van der Waals surface area (Å²) in [6, 6.07) is -1.62. The van der Waals surface area contributed by atoms with E-state index in [0.29, 0.717) is 0 Å². The van der Waals surface area contributed by atoms with Gasteiger partial charge >= 0.3 is 18.2 Å². The van der Waals surface area contributed by atoms with Crippen LogP contribution in [0.4, 0.5) is 9.59 Å². The van der Waals surface area contributed by atoms with Crippen LogP contribution in [0.5, 0.6) is 0 Å². The van der Waals surface area contributed by atoms with E-state index in [-0.39, 0.29) is 59.5 Å². The highest BCUT2D eigenvalue weighted by atomic mass is 17.0. The number of esters is 1. The fourth-order valence-electron chi connectivity index (χ4n) is 2.14. The van der Waals surface area contributed by atoms with Gasteiger partial charge in [-0.25, -0.2) is 14.4 Å². The Morgan fingerprint density at radius 2 is 1.12 bits per heavy atom. The number of ether oxygens (including phenoxy) is 7. The Hall–Kier alpha value is -4.51. The molecule has 0 heterocycles. The number of alkyl carbamates (subject to hydrolysis) is 1. The smallest absolute Gasteiger partial charge is 0.462 e. The summed E-state index contributed by atoms with van der Waals surface area (Å²) in [7, 11) is 0. The molecule has 230 valence electrons. The lowest BCUT2D eigenvalue weighted by molar-refractivity contribution is -0.767. The average molecular weight is 592 g/mol. The molecule has 0 rings (SSSR count). The summed E-state index contributed by atoms with van der Waals surface area (Å²) in [5, 5.41) is 29.1. The summed E-state index contributed by atoms with van der Waals surface area (Å²) in [4.78, 5) is 78.5. The third-order valence-corrected chi connectivity index (χ3v) is 3.75. The molecule has 0 aliphatic heterocycles. The van der Waals surface area contributed by atoms with Gasteiger partial charge in [-0.1, -0.05) is 0 Å². The van der Waals surface area contributed by atoms with E-state index in [1.165, 1.54) is 6.92 Å². The van der Waals surface area contributed by atoms with Crippen LogP contribution in [0, 0.1) is 30.3 Å². The number of hydrogen-bond acceptors (Lipinski definition) is 19. The lowest BCUT2D eigenvalue weighted by Crippen LogP contribution is -2.50. The second kappa shape index (κ2) is 22.5. The van der Waals surface area contributed by atoms with E-state index in [2.05, 4.69) is 19.8 Å². The van der Waals surface area contributed by atoms with Gasteiger partial charge in [0, 0.05) is 0 Å². The van der Waals surface area contributed by atoms with Crippen molar-refractivity contribution in [1.29, 1.82) is 0 Å². The monoisotopic (exact) mass is 592 g/mol. The van der Waals surface area contributed by atoms with Crippen LogP contribution in [-0.4, -0.2) is 118 Å². The molecule has 0 bridgehead atoms. The maximum Gasteiger partial charge on any atom is 0.508 e. The van der Waals surface area contributed by atoms with Gasteiger partial charge in [-0.2, -0.15) is 0 Å². The van der Waals surface area contributed by atoms with Crippen LogP contribution in [0.25, 0.3) is 0 Å². The van der Waals surface area contributed by atoms with E-state index in [9.17, 15) is 44.7 Å². The standard InChI is InChI=1S/C17H28N4O19/c1-13(40-17(24)36-9-3-32-6-11-38-20(27)28)14(15(22)34-7-4-33-12-39-21(29)30)18-16(23)35-8-2-31-5-10-37-19(25)26/h13-14H,2-12H2,1H3,(H,18,23). The SMILES string of the molecule is CC(OC(=O)OCCOCCO[N+](=O)[O-])C(NC(=O)OCCOCCO[N+](=O)[O-])C(=O)OCCOCO[N+](=O)[O-]. The maximum atomic E-state index is 12.5. The lowest BCUT2D eigenvalue weighted by Gasteiger charge is -2.23. The summed E-state index contributed by atoms with van der Waals surface area (Å²) >= 11 is 0. The molecule has 23 nitrogen and oxygen atoms in total. The topological polar surface area (TPSA) is 285 Å². The minimum Gasteiger partial charge on any atom is -0.462 e. The lowest BCUT2D eigenvalue weighted by atomic mass is 10.2. The molecule has 0 aromatic carbocycles. The van der Waals surface area contributed by atoms with Gasteiger partial charge in [0.15, 0.2) is 12.8 Å². The Balaban J connectivity index is 4.65. The number of nitrogens with zero attached hydrogens (tertiary/aromatic N) is 3. The quantitative estimate of drug-likeness (QED) is 0.0343. The molecule has 0 radical (unpaired) electrons. The van der Waals surface area contributed by atoms with Crippen molar-refractivity contribution in [2.75, 3.05) is 72.9 Å². The number of hydrogen-bond donors (Lipinski definition) is 1. The third kappa shape index (κ3) is 21.6. The highest BCUT2D eigenvalue weighted by molar-refractivity contribution is 5.82. The van der Waals surface area contributed by atoms with Crippen molar-refractivity contribution < 1.29 is 77.3 Å². The first-order valence-corrected chi connectivity index (χ1v) is 11.0. The molecule has 1 N–H and O–H groups in total. The molecule has 0 saturated carbocycles. The molecule has 0 aliphatic rings. The van der Waals surface area contributed by atoms with Crippen molar-refractivity contribution in [2.45, 2.75) is 19.1 Å². The Morgan fingerprint density at radius 3 is 1.68 bits per heavy atom. The van der Waals surface area contributed by atoms with Gasteiger partial charge in [-0.05, 0) is 6.92 Å². The Morgan fingerprint density at radius 1 is 0.650 bits per heavy atom. The molecule has 0 aromatic heterocycles. The van der Waals surface area contributed by atoms with Gasteiger partial charge in [0.1, 0.15) is 39.1 Å². The van der Waals surface area contributed by atoms with Crippen LogP contribution in [0.2, 0.25) is 0 Å². The van der Waals surface area contributed by atoms with E-state index in [4.69, 9.17) is 33.2 Å². The first-order valence-electron chi connectivity index (χ1n) is 11.0. The van der Waals surface area contributed by atoms with Gasteiger partial charge in [0.05, 0.1) is 33.0 Å². The van der Waals surface area contributed by atoms with Crippen molar-refractivity contribution in [3.63, 3.8) is 0 Å². The molecule has 0 spiro atoms. The van der Waals surface area contributed by atoms with Gasteiger partial charge in [0.2, 0.25) is 0 Å². The summed E-state index contributed by atoms with van der Waals surface area (Å²) in [5.41, 5.74) is 0. The predicted octanol–water partition coefficient (Wildman–Crippen LogP) is -1.20. The van der Waals surface area contributed by atoms with Gasteiger partial charge in [-0.15, -0.1) is 30.3 Å². The first-order chi connectivity index (χ1) is 19.0. The largest absolute Gasteiger partial charge is 0.508 e. The third-order valence-electron chi connectivity index (χ3n) is 3.75. The molecule has 0 aliphatic carbocycles. The highest BCUT2D eigenvalue weighted by Crippen LogP contribution is 2.05. The van der Waals surface area contributed by atoms with Crippen molar-refractivity contribution in [3.8, 4) is 0 Å². The van der Waals surface area contributed by atoms with Crippen LogP contribution in [0.3, 0.4) is 0 Å². The minimum atomic E-state index is -1.62. The van der Waals surface area contributed by atoms with Crippen molar-refractivity contribution in [2.24, 2.45) is 0 Å². The maximum absolute atomic E-state index is 12.5. The highest BCUT2D eigenvalue weighted by Gasteiger charge is 2.32. The molecule has 40 heavy (non-hydrogen) atoms. The molecule has 0 saturated heterocycles. The van der Waals surface area contributed by atoms with Gasteiger partial charge < -0.3 is 48.2 Å². The number of carbonyl (C=O) groups excluding carboxylic acids is 3. The average Bonchev–Trinajstić information content (AvgIpc) is 2.87. The van der Waals surface area contributed by atoms with Crippen LogP contribution < -0.4 is 5.32 Å². The summed E-state index contributed by atoms with van der Waals surface area (Å²) in [6.07, 6.45) is -3.80. The molecule has 2 atom stereocenters. The minimum absolute atomic E-state index is 0.157. The summed E-state index contributed by atoms with van der Waals surface area (Å²) in [5.74, 6) is -1.11. The second-order valence-electron chi connectivity index (χ2n) is 6.56. The predicted molar refractivity (Wildman–Crippen MR) is 118 cm³/mol. The number of amides is 1. The van der Waals surface area contributed by atoms with E-state index in [1.807, 2.05) is 0 Å². The van der Waals surface area contributed by atoms with Crippen LogP contribution >= 0.6 is 0 Å². The summed E-state index contributed by atoms with van der Waals surface area (Å²) < 4.78 is 33.9. The number of nitrogens with one attached hydrogen (secondary N) is 1.